The first-order valence-corrected chi connectivity index (χ1v) is 12.8. The minimum absolute atomic E-state index is 0.293. The van der Waals surface area contributed by atoms with E-state index in [2.05, 4.69) is 27.9 Å². The molecule has 35 heavy (non-hydrogen) atoms. The van der Waals surface area contributed by atoms with E-state index >= 15 is 0 Å². The predicted molar refractivity (Wildman–Crippen MR) is 136 cm³/mol. The molecule has 192 valence electrons. The number of halogens is 2. The van der Waals surface area contributed by atoms with E-state index in [0.29, 0.717) is 59.8 Å². The Balaban J connectivity index is 1.37. The molecule has 2 aromatic rings. The molecule has 3 N–H and O–H groups in total. The first-order valence-electron chi connectivity index (χ1n) is 12.8. The van der Waals surface area contributed by atoms with Gasteiger partial charge in [-0.2, -0.15) is 0 Å². The van der Waals surface area contributed by atoms with Gasteiger partial charge in [-0.3, -0.25) is 0 Å². The highest BCUT2D eigenvalue weighted by molar-refractivity contribution is 5.71. The lowest BCUT2D eigenvalue weighted by Gasteiger charge is -2.31. The highest BCUT2D eigenvalue weighted by Gasteiger charge is 2.23. The van der Waals surface area contributed by atoms with Crippen LogP contribution < -0.4 is 16.0 Å². The van der Waals surface area contributed by atoms with E-state index in [1.165, 1.54) is 12.3 Å². The van der Waals surface area contributed by atoms with Crippen LogP contribution in [0.15, 0.2) is 30.5 Å². The van der Waals surface area contributed by atoms with Gasteiger partial charge in [0.25, 0.3) is 0 Å². The summed E-state index contributed by atoms with van der Waals surface area (Å²) in [6.45, 7) is 5.02. The molecule has 2 heterocycles. The summed E-state index contributed by atoms with van der Waals surface area (Å²) in [5.74, 6) is 0.344. The number of nitrogens with zero attached hydrogens (tertiary/aromatic N) is 1. The zero-order chi connectivity index (χ0) is 24.6. The molecule has 0 radical (unpaired) electrons. The Morgan fingerprint density at radius 3 is 2.51 bits per heavy atom. The third-order valence-electron chi connectivity index (χ3n) is 7.07. The number of benzene rings is 1. The van der Waals surface area contributed by atoms with Crippen molar-refractivity contribution in [2.45, 2.75) is 63.6 Å². The van der Waals surface area contributed by atoms with E-state index in [1.807, 2.05) is 0 Å². The summed E-state index contributed by atoms with van der Waals surface area (Å²) in [5, 5.41) is 10.3. The van der Waals surface area contributed by atoms with E-state index in [1.54, 1.807) is 25.3 Å². The van der Waals surface area contributed by atoms with Gasteiger partial charge in [-0.05, 0) is 75.1 Å². The fourth-order valence-corrected chi connectivity index (χ4v) is 5.09. The number of methoxy groups -OCH3 is 1. The molecule has 1 aliphatic heterocycles. The zero-order valence-electron chi connectivity index (χ0n) is 20.8. The molecule has 1 aliphatic carbocycles. The third-order valence-corrected chi connectivity index (χ3v) is 7.07. The quantitative estimate of drug-likeness (QED) is 0.427. The van der Waals surface area contributed by atoms with Gasteiger partial charge in [0.15, 0.2) is 0 Å². The van der Waals surface area contributed by atoms with Gasteiger partial charge in [-0.25, -0.2) is 13.8 Å². The van der Waals surface area contributed by atoms with Crippen LogP contribution in [-0.2, 0) is 9.47 Å². The predicted octanol–water partition coefficient (Wildman–Crippen LogP) is 5.21. The summed E-state index contributed by atoms with van der Waals surface area (Å²) < 4.78 is 39.8. The van der Waals surface area contributed by atoms with Gasteiger partial charge in [0.2, 0.25) is 0 Å². The molecule has 1 saturated carbocycles. The molecule has 6 nitrogen and oxygen atoms in total. The molecule has 0 amide bonds. The van der Waals surface area contributed by atoms with Gasteiger partial charge >= 0.3 is 0 Å². The highest BCUT2D eigenvalue weighted by Crippen LogP contribution is 2.30. The van der Waals surface area contributed by atoms with Crippen molar-refractivity contribution in [3.05, 3.63) is 42.1 Å². The molecule has 0 unspecified atom stereocenters. The smallest absolute Gasteiger partial charge is 0.149 e. The molecule has 0 spiro atoms. The largest absolute Gasteiger partial charge is 0.383 e. The van der Waals surface area contributed by atoms with Crippen molar-refractivity contribution < 1.29 is 18.3 Å². The minimum atomic E-state index is -0.419. The van der Waals surface area contributed by atoms with Gasteiger partial charge in [-0.15, -0.1) is 0 Å². The van der Waals surface area contributed by atoms with Crippen LogP contribution in [0, 0.1) is 17.6 Å². The molecular weight excluding hydrogens is 450 g/mol. The number of pyridine rings is 1. The number of nitrogens with one attached hydrogen (secondary N) is 3. The Kier molecular flexibility index (Phi) is 9.29. The first-order chi connectivity index (χ1) is 17.0. The summed E-state index contributed by atoms with van der Waals surface area (Å²) in [4.78, 5) is 4.27. The summed E-state index contributed by atoms with van der Waals surface area (Å²) in [6, 6.07) is 7.55. The van der Waals surface area contributed by atoms with Crippen molar-refractivity contribution >= 4 is 11.5 Å². The van der Waals surface area contributed by atoms with E-state index in [4.69, 9.17) is 9.47 Å². The second-order valence-electron chi connectivity index (χ2n) is 9.90. The van der Waals surface area contributed by atoms with E-state index in [9.17, 15) is 8.78 Å². The number of hydrogen-bond acceptors (Lipinski definition) is 6. The number of ether oxygens (including phenoxy) is 2. The van der Waals surface area contributed by atoms with Crippen LogP contribution in [0.1, 0.15) is 45.4 Å². The topological polar surface area (TPSA) is 67.4 Å². The maximum Gasteiger partial charge on any atom is 0.149 e. The maximum absolute atomic E-state index is 14.7. The standard InChI is InChI=1S/C27H38F2N4O2/c1-18(17-34-2)32-21-4-6-22(7-5-21)33-27-14-23(25(29)16-31-27)20-3-8-24(28)26(13-20)30-15-19-9-11-35-12-10-19/h3,8,13-14,16,18-19,21-22,30,32H,4-7,9-12,15,17H2,1-2H3,(H,31,33)/t18-,21?,22?/m0/s1. The Labute approximate surface area is 207 Å². The van der Waals surface area contributed by atoms with Crippen LogP contribution in [0.2, 0.25) is 0 Å². The highest BCUT2D eigenvalue weighted by atomic mass is 19.1. The Hall–Kier alpha value is -2.29. The van der Waals surface area contributed by atoms with Crippen LogP contribution >= 0.6 is 0 Å². The summed E-state index contributed by atoms with van der Waals surface area (Å²) >= 11 is 0. The van der Waals surface area contributed by atoms with Crippen LogP contribution in [0.5, 0.6) is 0 Å². The van der Waals surface area contributed by atoms with E-state index < -0.39 is 5.82 Å². The number of anilines is 2. The number of rotatable bonds is 10. The first kappa shape index (κ1) is 25.8. The van der Waals surface area contributed by atoms with Gasteiger partial charge in [-0.1, -0.05) is 6.07 Å². The zero-order valence-corrected chi connectivity index (χ0v) is 20.8. The lowest BCUT2D eigenvalue weighted by Crippen LogP contribution is -2.42. The number of aromatic nitrogens is 1. The van der Waals surface area contributed by atoms with E-state index in [-0.39, 0.29) is 5.82 Å². The third kappa shape index (κ3) is 7.35. The van der Waals surface area contributed by atoms with Crippen molar-refractivity contribution in [1.82, 2.24) is 10.3 Å². The average molecular weight is 489 g/mol. The Morgan fingerprint density at radius 1 is 1.03 bits per heavy atom. The molecular formula is C27H38F2N4O2. The second kappa shape index (κ2) is 12.6. The molecule has 1 saturated heterocycles. The van der Waals surface area contributed by atoms with Crippen molar-refractivity contribution in [2.24, 2.45) is 5.92 Å². The summed E-state index contributed by atoms with van der Waals surface area (Å²) in [5.41, 5.74) is 1.44. The van der Waals surface area contributed by atoms with Crippen molar-refractivity contribution in [2.75, 3.05) is 44.1 Å². The van der Waals surface area contributed by atoms with Crippen LogP contribution in [0.4, 0.5) is 20.3 Å². The minimum Gasteiger partial charge on any atom is -0.383 e. The van der Waals surface area contributed by atoms with Gasteiger partial charge in [0.1, 0.15) is 17.5 Å². The molecule has 2 fully saturated rings. The lowest BCUT2D eigenvalue weighted by atomic mass is 9.90. The molecule has 4 rings (SSSR count). The van der Waals surface area contributed by atoms with Crippen molar-refractivity contribution in [1.29, 1.82) is 0 Å². The van der Waals surface area contributed by atoms with Crippen molar-refractivity contribution in [3.63, 3.8) is 0 Å². The van der Waals surface area contributed by atoms with Gasteiger partial charge in [0.05, 0.1) is 18.5 Å². The summed E-state index contributed by atoms with van der Waals surface area (Å²) in [6.07, 6.45) is 7.35. The Morgan fingerprint density at radius 2 is 1.77 bits per heavy atom. The van der Waals surface area contributed by atoms with Gasteiger partial charge in [0, 0.05) is 50.6 Å². The van der Waals surface area contributed by atoms with Crippen molar-refractivity contribution in [3.8, 4) is 11.1 Å². The fraction of sp³-hybridized carbons (Fsp3) is 0.593. The SMILES string of the molecule is COC[C@H](C)NC1CCC(Nc2cc(-c3ccc(F)c(NCC4CCOCC4)c3)c(F)cn2)CC1. The molecule has 1 aromatic heterocycles. The molecule has 0 bridgehead atoms. The second-order valence-corrected chi connectivity index (χ2v) is 9.90. The molecule has 8 heteroatoms. The molecule has 1 atom stereocenters. The van der Waals surface area contributed by atoms with Crippen LogP contribution in [-0.4, -0.2) is 56.6 Å². The molecule has 2 aliphatic rings. The van der Waals surface area contributed by atoms with Gasteiger partial charge < -0.3 is 25.4 Å². The van der Waals surface area contributed by atoms with Crippen LogP contribution in [0.3, 0.4) is 0 Å². The Bertz CT molecular complexity index is 947. The lowest BCUT2D eigenvalue weighted by molar-refractivity contribution is 0.0699. The average Bonchev–Trinajstić information content (AvgIpc) is 2.87. The monoisotopic (exact) mass is 488 g/mol. The van der Waals surface area contributed by atoms with Crippen LogP contribution in [0.25, 0.3) is 11.1 Å². The number of hydrogen-bond donors (Lipinski definition) is 3. The summed E-state index contributed by atoms with van der Waals surface area (Å²) in [7, 11) is 1.72. The maximum atomic E-state index is 14.7. The normalized spacial score (nSPS) is 22.1. The molecule has 1 aromatic carbocycles. The van der Waals surface area contributed by atoms with E-state index in [0.717, 1.165) is 51.7 Å². The fourth-order valence-electron chi connectivity index (χ4n) is 5.09.